The van der Waals surface area contributed by atoms with E-state index in [4.69, 9.17) is 9.84 Å². The number of ether oxygens (including phenoxy) is 1. The van der Waals surface area contributed by atoms with Gasteiger partial charge < -0.3 is 9.84 Å². The summed E-state index contributed by atoms with van der Waals surface area (Å²) in [4.78, 5) is 10.7. The number of aryl methyl sites for hydroxylation is 1. The average Bonchev–Trinajstić information content (AvgIpc) is 2.04. The quantitative estimate of drug-likeness (QED) is 0.777. The van der Waals surface area contributed by atoms with E-state index >= 15 is 0 Å². The fourth-order valence-corrected chi connectivity index (χ4v) is 1.68. The molecule has 0 spiro atoms. The fourth-order valence-electron chi connectivity index (χ4n) is 1.68. The van der Waals surface area contributed by atoms with E-state index in [1.807, 2.05) is 13.0 Å². The van der Waals surface area contributed by atoms with Crippen LogP contribution in [-0.4, -0.2) is 24.3 Å². The molecule has 0 unspecified atom stereocenters. The minimum Gasteiger partial charge on any atom is -0.478 e. The molecule has 0 aromatic heterocycles. The second kappa shape index (κ2) is 3.42. The second-order valence-corrected chi connectivity index (χ2v) is 3.61. The van der Waals surface area contributed by atoms with Gasteiger partial charge in [0.05, 0.1) is 18.8 Å². The summed E-state index contributed by atoms with van der Waals surface area (Å²) < 4.78 is 5.11. The van der Waals surface area contributed by atoms with Gasteiger partial charge in [-0.25, -0.2) is 4.79 Å². The third-order valence-corrected chi connectivity index (χ3v) is 2.59. The maximum absolute atomic E-state index is 10.7. The van der Waals surface area contributed by atoms with E-state index in [1.165, 1.54) is 5.56 Å². The van der Waals surface area contributed by atoms with Crippen LogP contribution in [0.2, 0.25) is 0 Å². The molecule has 3 heteroatoms. The highest BCUT2D eigenvalue weighted by molar-refractivity contribution is 5.87. The van der Waals surface area contributed by atoms with Crippen LogP contribution in [0.15, 0.2) is 18.2 Å². The van der Waals surface area contributed by atoms with Gasteiger partial charge in [-0.05, 0) is 30.2 Å². The minimum absolute atomic E-state index is 0.353. The van der Waals surface area contributed by atoms with Crippen molar-refractivity contribution < 1.29 is 14.6 Å². The van der Waals surface area contributed by atoms with Crippen LogP contribution in [0.5, 0.6) is 0 Å². The van der Waals surface area contributed by atoms with E-state index in [1.54, 1.807) is 12.1 Å². The second-order valence-electron chi connectivity index (χ2n) is 3.61. The zero-order chi connectivity index (χ0) is 10.1. The first-order valence-electron chi connectivity index (χ1n) is 4.60. The zero-order valence-electron chi connectivity index (χ0n) is 7.99. The van der Waals surface area contributed by atoms with Gasteiger partial charge in [0.15, 0.2) is 0 Å². The summed E-state index contributed by atoms with van der Waals surface area (Å²) in [6.45, 7) is 3.46. The van der Waals surface area contributed by atoms with Crippen molar-refractivity contribution >= 4 is 5.97 Å². The molecule has 1 N–H and O–H groups in total. The van der Waals surface area contributed by atoms with Crippen molar-refractivity contribution in [2.24, 2.45) is 0 Å². The Morgan fingerprint density at radius 3 is 2.64 bits per heavy atom. The predicted molar refractivity (Wildman–Crippen MR) is 51.7 cm³/mol. The summed E-state index contributed by atoms with van der Waals surface area (Å²) in [7, 11) is 0. The first-order chi connectivity index (χ1) is 6.68. The van der Waals surface area contributed by atoms with Gasteiger partial charge in [-0.2, -0.15) is 0 Å². The Hall–Kier alpha value is -1.35. The van der Waals surface area contributed by atoms with E-state index in [0.717, 1.165) is 18.8 Å². The van der Waals surface area contributed by atoms with E-state index in [9.17, 15) is 4.79 Å². The molecule has 0 saturated carbocycles. The van der Waals surface area contributed by atoms with Gasteiger partial charge in [0.1, 0.15) is 0 Å². The Kier molecular flexibility index (Phi) is 2.25. The smallest absolute Gasteiger partial charge is 0.335 e. The normalized spacial score (nSPS) is 16.4. The number of aromatic carboxylic acids is 1. The number of hydrogen-bond acceptors (Lipinski definition) is 2. The number of benzene rings is 1. The summed E-state index contributed by atoms with van der Waals surface area (Å²) in [6.07, 6.45) is 0. The summed E-state index contributed by atoms with van der Waals surface area (Å²) in [6, 6.07) is 5.27. The van der Waals surface area contributed by atoms with Gasteiger partial charge in [0.2, 0.25) is 0 Å². The van der Waals surface area contributed by atoms with E-state index in [0.29, 0.717) is 11.5 Å². The summed E-state index contributed by atoms with van der Waals surface area (Å²) in [5.74, 6) is -0.414. The molecule has 0 amide bonds. The maximum Gasteiger partial charge on any atom is 0.335 e. The first kappa shape index (κ1) is 9.21. The van der Waals surface area contributed by atoms with Gasteiger partial charge in [-0.1, -0.05) is 6.07 Å². The van der Waals surface area contributed by atoms with Crippen LogP contribution in [0.25, 0.3) is 0 Å². The molecule has 14 heavy (non-hydrogen) atoms. The molecule has 1 aliphatic rings. The topological polar surface area (TPSA) is 46.5 Å². The molecule has 1 heterocycles. The summed E-state index contributed by atoms with van der Waals surface area (Å²) in [5, 5.41) is 8.79. The van der Waals surface area contributed by atoms with Crippen molar-refractivity contribution in [3.63, 3.8) is 0 Å². The molecule has 0 atom stereocenters. The van der Waals surface area contributed by atoms with Crippen LogP contribution in [-0.2, 0) is 4.74 Å². The third-order valence-electron chi connectivity index (χ3n) is 2.59. The Balaban J connectivity index is 2.30. The Bertz CT molecular complexity index is 367. The van der Waals surface area contributed by atoms with E-state index in [2.05, 4.69) is 0 Å². The standard InChI is InChI=1S/C11H12O3/c1-7-4-8(11(12)13)2-3-10(7)9-5-14-6-9/h2-4,9H,5-6H2,1H3,(H,12,13). The molecule has 74 valence electrons. The van der Waals surface area contributed by atoms with Crippen LogP contribution >= 0.6 is 0 Å². The molecule has 0 radical (unpaired) electrons. The zero-order valence-corrected chi connectivity index (χ0v) is 7.99. The van der Waals surface area contributed by atoms with Gasteiger partial charge >= 0.3 is 5.97 Å². The van der Waals surface area contributed by atoms with Gasteiger partial charge in [0.25, 0.3) is 0 Å². The predicted octanol–water partition coefficient (Wildman–Crippen LogP) is 1.81. The molecule has 1 aromatic rings. The molecule has 1 saturated heterocycles. The lowest BCUT2D eigenvalue weighted by Gasteiger charge is -2.27. The number of carboxylic acid groups (broad SMARTS) is 1. The lowest BCUT2D eigenvalue weighted by atomic mass is 9.92. The maximum atomic E-state index is 10.7. The Labute approximate surface area is 82.3 Å². The van der Waals surface area contributed by atoms with Crippen LogP contribution in [0, 0.1) is 6.92 Å². The van der Waals surface area contributed by atoms with Crippen molar-refractivity contribution in [3.05, 3.63) is 34.9 Å². The van der Waals surface area contributed by atoms with Gasteiger partial charge in [0, 0.05) is 5.92 Å². The number of hydrogen-bond donors (Lipinski definition) is 1. The lowest BCUT2D eigenvalue weighted by molar-refractivity contribution is 0.00817. The number of carboxylic acids is 1. The van der Waals surface area contributed by atoms with Gasteiger partial charge in [-0.15, -0.1) is 0 Å². The Morgan fingerprint density at radius 1 is 1.50 bits per heavy atom. The molecule has 1 fully saturated rings. The SMILES string of the molecule is Cc1cc(C(=O)O)ccc1C1COC1. The highest BCUT2D eigenvalue weighted by atomic mass is 16.5. The summed E-state index contributed by atoms with van der Waals surface area (Å²) in [5.41, 5.74) is 2.60. The molecular weight excluding hydrogens is 180 g/mol. The average molecular weight is 192 g/mol. The molecule has 2 rings (SSSR count). The van der Waals surface area contributed by atoms with Gasteiger partial charge in [-0.3, -0.25) is 0 Å². The fraction of sp³-hybridized carbons (Fsp3) is 0.364. The monoisotopic (exact) mass is 192 g/mol. The third kappa shape index (κ3) is 1.51. The minimum atomic E-state index is -0.871. The molecule has 0 aliphatic carbocycles. The van der Waals surface area contributed by atoms with Crippen molar-refractivity contribution in [2.75, 3.05) is 13.2 Å². The summed E-state index contributed by atoms with van der Waals surface area (Å²) >= 11 is 0. The molecule has 3 nitrogen and oxygen atoms in total. The molecule has 1 aromatic carbocycles. The number of rotatable bonds is 2. The van der Waals surface area contributed by atoms with Crippen molar-refractivity contribution in [1.82, 2.24) is 0 Å². The van der Waals surface area contributed by atoms with E-state index < -0.39 is 5.97 Å². The molecular formula is C11H12O3. The van der Waals surface area contributed by atoms with Crippen molar-refractivity contribution in [1.29, 1.82) is 0 Å². The first-order valence-corrected chi connectivity index (χ1v) is 4.60. The van der Waals surface area contributed by atoms with Crippen LogP contribution in [0.1, 0.15) is 27.4 Å². The van der Waals surface area contributed by atoms with Crippen molar-refractivity contribution in [2.45, 2.75) is 12.8 Å². The van der Waals surface area contributed by atoms with Crippen LogP contribution in [0.3, 0.4) is 0 Å². The van der Waals surface area contributed by atoms with Crippen molar-refractivity contribution in [3.8, 4) is 0 Å². The number of carbonyl (C=O) groups is 1. The molecule has 0 bridgehead atoms. The van der Waals surface area contributed by atoms with Crippen LogP contribution < -0.4 is 0 Å². The van der Waals surface area contributed by atoms with Crippen LogP contribution in [0.4, 0.5) is 0 Å². The van der Waals surface area contributed by atoms with E-state index in [-0.39, 0.29) is 0 Å². The lowest BCUT2D eigenvalue weighted by Crippen LogP contribution is -2.25. The largest absolute Gasteiger partial charge is 0.478 e. The highest BCUT2D eigenvalue weighted by Crippen LogP contribution is 2.27. The Morgan fingerprint density at radius 2 is 2.21 bits per heavy atom. The highest BCUT2D eigenvalue weighted by Gasteiger charge is 2.22. The molecule has 1 aliphatic heterocycles.